The number of halogens is 1. The second-order valence-electron chi connectivity index (χ2n) is 4.76. The molecule has 0 radical (unpaired) electrons. The molecule has 0 fully saturated rings. The van der Waals surface area contributed by atoms with Gasteiger partial charge in [-0.2, -0.15) is 0 Å². The number of hydrogen-bond acceptors (Lipinski definition) is 3. The lowest BCUT2D eigenvalue weighted by Crippen LogP contribution is -2.19. The van der Waals surface area contributed by atoms with Crippen molar-refractivity contribution in [1.29, 1.82) is 0 Å². The quantitative estimate of drug-likeness (QED) is 0.855. The van der Waals surface area contributed by atoms with Crippen LogP contribution in [0.2, 0.25) is 0 Å². The molecule has 0 aliphatic rings. The third kappa shape index (κ3) is 3.77. The second-order valence-corrected chi connectivity index (χ2v) is 5.61. The molecular formula is C17H20BrNO2. The molecule has 2 rings (SSSR count). The Morgan fingerprint density at radius 1 is 1.05 bits per heavy atom. The van der Waals surface area contributed by atoms with Gasteiger partial charge in [-0.05, 0) is 53.2 Å². The molecule has 1 N–H and O–H groups in total. The van der Waals surface area contributed by atoms with Gasteiger partial charge < -0.3 is 14.8 Å². The van der Waals surface area contributed by atoms with Crippen molar-refractivity contribution in [2.45, 2.75) is 12.5 Å². The van der Waals surface area contributed by atoms with Gasteiger partial charge in [0.25, 0.3) is 0 Å². The highest BCUT2D eigenvalue weighted by atomic mass is 79.9. The monoisotopic (exact) mass is 349 g/mol. The van der Waals surface area contributed by atoms with Crippen LogP contribution in [0.1, 0.15) is 17.2 Å². The van der Waals surface area contributed by atoms with E-state index in [1.54, 1.807) is 14.2 Å². The molecule has 0 heterocycles. The molecule has 2 aromatic rings. The van der Waals surface area contributed by atoms with E-state index in [-0.39, 0.29) is 6.04 Å². The van der Waals surface area contributed by atoms with Gasteiger partial charge in [0.2, 0.25) is 0 Å². The summed E-state index contributed by atoms with van der Waals surface area (Å²) in [5, 5.41) is 3.36. The van der Waals surface area contributed by atoms with E-state index >= 15 is 0 Å². The number of para-hydroxylation sites is 1. The summed E-state index contributed by atoms with van der Waals surface area (Å²) in [4.78, 5) is 0. The fourth-order valence-electron chi connectivity index (χ4n) is 2.39. The number of methoxy groups -OCH3 is 2. The maximum Gasteiger partial charge on any atom is 0.133 e. The average molecular weight is 350 g/mol. The Morgan fingerprint density at radius 2 is 1.76 bits per heavy atom. The largest absolute Gasteiger partial charge is 0.496 e. The van der Waals surface area contributed by atoms with E-state index in [2.05, 4.69) is 39.4 Å². The molecule has 0 spiro atoms. The van der Waals surface area contributed by atoms with Crippen LogP contribution in [0.5, 0.6) is 11.5 Å². The summed E-state index contributed by atoms with van der Waals surface area (Å²) in [6.45, 7) is 0. The first-order valence-corrected chi connectivity index (χ1v) is 7.61. The summed E-state index contributed by atoms with van der Waals surface area (Å²) in [5.74, 6) is 1.75. The minimum atomic E-state index is 0.196. The van der Waals surface area contributed by atoms with Crippen molar-refractivity contribution >= 4 is 15.9 Å². The summed E-state index contributed by atoms with van der Waals surface area (Å²) in [7, 11) is 5.34. The van der Waals surface area contributed by atoms with Crippen molar-refractivity contribution in [3.8, 4) is 11.5 Å². The van der Waals surface area contributed by atoms with Crippen LogP contribution in [-0.4, -0.2) is 21.3 Å². The summed E-state index contributed by atoms with van der Waals surface area (Å²) in [5.41, 5.74) is 2.39. The Bertz CT molecular complexity index is 601. The van der Waals surface area contributed by atoms with Crippen LogP contribution in [0.15, 0.2) is 46.9 Å². The first kappa shape index (κ1) is 15.9. The molecule has 21 heavy (non-hydrogen) atoms. The first-order chi connectivity index (χ1) is 10.2. The second kappa shape index (κ2) is 7.48. The highest BCUT2D eigenvalue weighted by Gasteiger charge is 2.15. The molecule has 1 atom stereocenters. The fourth-order valence-corrected chi connectivity index (χ4v) is 2.98. The Kier molecular flexibility index (Phi) is 5.65. The molecule has 0 aliphatic carbocycles. The van der Waals surface area contributed by atoms with Crippen LogP contribution < -0.4 is 14.8 Å². The van der Waals surface area contributed by atoms with Gasteiger partial charge in [-0.3, -0.25) is 0 Å². The molecule has 4 heteroatoms. The number of likely N-dealkylation sites (N-methyl/N-ethyl adjacent to an activating group) is 1. The lowest BCUT2D eigenvalue weighted by molar-refractivity contribution is 0.401. The molecule has 0 aromatic heterocycles. The first-order valence-electron chi connectivity index (χ1n) is 6.82. The number of nitrogens with one attached hydrogen (secondary N) is 1. The average Bonchev–Trinajstić information content (AvgIpc) is 2.52. The molecular weight excluding hydrogens is 330 g/mol. The summed E-state index contributed by atoms with van der Waals surface area (Å²) in [6.07, 6.45) is 0.874. The SMILES string of the molecule is CNC(Cc1ccc(OC)c(Br)c1)c1ccccc1OC. The molecule has 0 aliphatic heterocycles. The highest BCUT2D eigenvalue weighted by Crippen LogP contribution is 2.30. The van der Waals surface area contributed by atoms with E-state index in [1.807, 2.05) is 31.3 Å². The van der Waals surface area contributed by atoms with E-state index < -0.39 is 0 Å². The zero-order valence-electron chi connectivity index (χ0n) is 12.5. The third-order valence-corrected chi connectivity index (χ3v) is 4.14. The van der Waals surface area contributed by atoms with Gasteiger partial charge in [0, 0.05) is 11.6 Å². The number of hydrogen-bond donors (Lipinski definition) is 1. The minimum Gasteiger partial charge on any atom is -0.496 e. The zero-order chi connectivity index (χ0) is 15.2. The maximum atomic E-state index is 5.46. The van der Waals surface area contributed by atoms with Gasteiger partial charge in [0.1, 0.15) is 11.5 Å². The van der Waals surface area contributed by atoms with E-state index in [0.717, 1.165) is 28.0 Å². The minimum absolute atomic E-state index is 0.196. The van der Waals surface area contributed by atoms with Crippen molar-refractivity contribution in [3.05, 3.63) is 58.1 Å². The Labute approximate surface area is 134 Å². The fraction of sp³-hybridized carbons (Fsp3) is 0.294. The lowest BCUT2D eigenvalue weighted by Gasteiger charge is -2.20. The smallest absolute Gasteiger partial charge is 0.133 e. The predicted octanol–water partition coefficient (Wildman–Crippen LogP) is 3.97. The van der Waals surface area contributed by atoms with E-state index in [1.165, 1.54) is 5.56 Å². The van der Waals surface area contributed by atoms with Crippen molar-refractivity contribution < 1.29 is 9.47 Å². The molecule has 3 nitrogen and oxygen atoms in total. The van der Waals surface area contributed by atoms with Gasteiger partial charge in [-0.1, -0.05) is 24.3 Å². The lowest BCUT2D eigenvalue weighted by atomic mass is 9.98. The van der Waals surface area contributed by atoms with Crippen LogP contribution in [0.4, 0.5) is 0 Å². The van der Waals surface area contributed by atoms with Gasteiger partial charge in [0.05, 0.1) is 18.7 Å². The Hall–Kier alpha value is -1.52. The van der Waals surface area contributed by atoms with Crippen molar-refractivity contribution in [3.63, 3.8) is 0 Å². The van der Waals surface area contributed by atoms with Crippen LogP contribution in [-0.2, 0) is 6.42 Å². The standard InChI is InChI=1S/C17H20BrNO2/c1-19-15(13-6-4-5-7-16(13)20-2)11-12-8-9-17(21-3)14(18)10-12/h4-10,15,19H,11H2,1-3H3. The molecule has 0 amide bonds. The maximum absolute atomic E-state index is 5.46. The Balaban J connectivity index is 2.25. The van der Waals surface area contributed by atoms with Crippen LogP contribution in [0.25, 0.3) is 0 Å². The van der Waals surface area contributed by atoms with E-state index in [9.17, 15) is 0 Å². The van der Waals surface area contributed by atoms with Crippen LogP contribution >= 0.6 is 15.9 Å². The van der Waals surface area contributed by atoms with Crippen LogP contribution in [0, 0.1) is 0 Å². The normalized spacial score (nSPS) is 12.0. The number of rotatable bonds is 6. The Morgan fingerprint density at radius 3 is 2.38 bits per heavy atom. The van der Waals surface area contributed by atoms with Crippen molar-refractivity contribution in [1.82, 2.24) is 5.32 Å². The summed E-state index contributed by atoms with van der Waals surface area (Å²) in [6, 6.07) is 14.5. The van der Waals surface area contributed by atoms with Crippen molar-refractivity contribution in [2.75, 3.05) is 21.3 Å². The summed E-state index contributed by atoms with van der Waals surface area (Å²) < 4.78 is 11.7. The van der Waals surface area contributed by atoms with E-state index in [4.69, 9.17) is 9.47 Å². The molecule has 112 valence electrons. The predicted molar refractivity (Wildman–Crippen MR) is 89.2 cm³/mol. The third-order valence-electron chi connectivity index (χ3n) is 3.52. The van der Waals surface area contributed by atoms with Crippen molar-refractivity contribution in [2.24, 2.45) is 0 Å². The number of benzene rings is 2. The van der Waals surface area contributed by atoms with Gasteiger partial charge in [-0.25, -0.2) is 0 Å². The zero-order valence-corrected chi connectivity index (χ0v) is 14.1. The number of ether oxygens (including phenoxy) is 2. The van der Waals surface area contributed by atoms with Gasteiger partial charge in [0.15, 0.2) is 0 Å². The molecule has 0 saturated carbocycles. The van der Waals surface area contributed by atoms with Crippen LogP contribution in [0.3, 0.4) is 0 Å². The van der Waals surface area contributed by atoms with E-state index in [0.29, 0.717) is 0 Å². The molecule has 0 bridgehead atoms. The highest BCUT2D eigenvalue weighted by molar-refractivity contribution is 9.10. The topological polar surface area (TPSA) is 30.5 Å². The summed E-state index contributed by atoms with van der Waals surface area (Å²) >= 11 is 3.53. The molecule has 0 saturated heterocycles. The molecule has 1 unspecified atom stereocenters. The van der Waals surface area contributed by atoms with Gasteiger partial charge >= 0.3 is 0 Å². The molecule has 2 aromatic carbocycles. The van der Waals surface area contributed by atoms with Gasteiger partial charge in [-0.15, -0.1) is 0 Å².